The maximum atomic E-state index is 12.5. The number of hydrogen-bond donors (Lipinski definition) is 1. The van der Waals surface area contributed by atoms with Crippen molar-refractivity contribution in [2.24, 2.45) is 0 Å². The van der Waals surface area contributed by atoms with Crippen LogP contribution in [0.25, 0.3) is 11.4 Å². The summed E-state index contributed by atoms with van der Waals surface area (Å²) in [5, 5.41) is 10.4. The molecule has 1 aromatic heterocycles. The van der Waals surface area contributed by atoms with Gasteiger partial charge in [0.1, 0.15) is 0 Å². The van der Waals surface area contributed by atoms with Crippen LogP contribution in [0.15, 0.2) is 42.7 Å². The summed E-state index contributed by atoms with van der Waals surface area (Å²) in [6.45, 7) is 0.353. The number of carbonyl (C=O) groups is 1. The van der Waals surface area contributed by atoms with Crippen molar-refractivity contribution in [2.75, 3.05) is 13.6 Å². The first kappa shape index (κ1) is 15.6. The molecule has 2 aromatic rings. The summed E-state index contributed by atoms with van der Waals surface area (Å²) < 4.78 is 0. The van der Waals surface area contributed by atoms with Crippen LogP contribution in [0.4, 0.5) is 0 Å². The van der Waals surface area contributed by atoms with E-state index in [0.29, 0.717) is 17.9 Å². The van der Waals surface area contributed by atoms with Gasteiger partial charge in [0.2, 0.25) is 0 Å². The minimum atomic E-state index is -0.741. The third-order valence-electron chi connectivity index (χ3n) is 4.34. The Kier molecular flexibility index (Phi) is 4.39. The van der Waals surface area contributed by atoms with Crippen molar-refractivity contribution in [3.8, 4) is 11.4 Å². The Morgan fingerprint density at radius 1 is 1.17 bits per heavy atom. The SMILES string of the molecule is CN(CC1(O)CCCC1)C(=O)c1cnc(-c2ccccc2)nc1. The Bertz CT molecular complexity index is 664. The lowest BCUT2D eigenvalue weighted by atomic mass is 10.0. The van der Waals surface area contributed by atoms with Crippen LogP contribution in [0, 0.1) is 0 Å². The molecule has 5 nitrogen and oxygen atoms in total. The van der Waals surface area contributed by atoms with Gasteiger partial charge in [-0.1, -0.05) is 43.2 Å². The van der Waals surface area contributed by atoms with Crippen molar-refractivity contribution < 1.29 is 9.90 Å². The van der Waals surface area contributed by atoms with Crippen molar-refractivity contribution in [3.63, 3.8) is 0 Å². The summed E-state index contributed by atoms with van der Waals surface area (Å²) in [7, 11) is 1.71. The van der Waals surface area contributed by atoms with Gasteiger partial charge in [0, 0.05) is 31.5 Å². The topological polar surface area (TPSA) is 66.3 Å². The monoisotopic (exact) mass is 311 g/mol. The number of amides is 1. The molecule has 0 bridgehead atoms. The van der Waals surface area contributed by atoms with Gasteiger partial charge in [-0.25, -0.2) is 9.97 Å². The van der Waals surface area contributed by atoms with E-state index in [2.05, 4.69) is 9.97 Å². The van der Waals surface area contributed by atoms with Crippen LogP contribution in [0.2, 0.25) is 0 Å². The molecule has 0 unspecified atom stereocenters. The number of aromatic nitrogens is 2. The predicted octanol–water partition coefficient (Wildman–Crippen LogP) is 2.52. The first-order valence-corrected chi connectivity index (χ1v) is 7.93. The van der Waals surface area contributed by atoms with E-state index in [1.54, 1.807) is 24.3 Å². The fourth-order valence-electron chi connectivity index (χ4n) is 3.10. The highest BCUT2D eigenvalue weighted by molar-refractivity contribution is 5.93. The van der Waals surface area contributed by atoms with E-state index in [1.807, 2.05) is 30.3 Å². The van der Waals surface area contributed by atoms with Gasteiger partial charge in [0.25, 0.3) is 5.91 Å². The number of hydrogen-bond acceptors (Lipinski definition) is 4. The van der Waals surface area contributed by atoms with E-state index in [9.17, 15) is 9.90 Å². The predicted molar refractivity (Wildman–Crippen MR) is 87.8 cm³/mol. The smallest absolute Gasteiger partial charge is 0.256 e. The number of aliphatic hydroxyl groups is 1. The summed E-state index contributed by atoms with van der Waals surface area (Å²) >= 11 is 0. The summed E-state index contributed by atoms with van der Waals surface area (Å²) in [5.74, 6) is 0.434. The molecule has 3 rings (SSSR count). The van der Waals surface area contributed by atoms with Crippen molar-refractivity contribution in [2.45, 2.75) is 31.3 Å². The Balaban J connectivity index is 1.70. The van der Waals surface area contributed by atoms with Crippen LogP contribution < -0.4 is 0 Å². The van der Waals surface area contributed by atoms with Crippen LogP contribution in [-0.2, 0) is 0 Å². The molecule has 120 valence electrons. The second-order valence-corrected chi connectivity index (χ2v) is 6.25. The molecule has 1 fully saturated rings. The Morgan fingerprint density at radius 2 is 1.78 bits per heavy atom. The highest BCUT2D eigenvalue weighted by atomic mass is 16.3. The van der Waals surface area contributed by atoms with Gasteiger partial charge in [-0.2, -0.15) is 0 Å². The van der Waals surface area contributed by atoms with E-state index < -0.39 is 5.60 Å². The molecular weight excluding hydrogens is 290 g/mol. The molecule has 1 amide bonds. The molecule has 0 aliphatic heterocycles. The van der Waals surface area contributed by atoms with E-state index in [0.717, 1.165) is 31.2 Å². The van der Waals surface area contributed by atoms with Crippen LogP contribution in [0.5, 0.6) is 0 Å². The highest BCUT2D eigenvalue weighted by Gasteiger charge is 2.33. The molecule has 1 aromatic carbocycles. The van der Waals surface area contributed by atoms with Gasteiger partial charge in [0.05, 0.1) is 11.2 Å². The lowest BCUT2D eigenvalue weighted by Crippen LogP contribution is -2.42. The number of rotatable bonds is 4. The van der Waals surface area contributed by atoms with Gasteiger partial charge in [-0.15, -0.1) is 0 Å². The first-order chi connectivity index (χ1) is 11.1. The maximum Gasteiger partial charge on any atom is 0.256 e. The zero-order valence-corrected chi connectivity index (χ0v) is 13.3. The van der Waals surface area contributed by atoms with Crippen LogP contribution >= 0.6 is 0 Å². The fraction of sp³-hybridized carbons (Fsp3) is 0.389. The normalized spacial score (nSPS) is 16.3. The number of carbonyl (C=O) groups excluding carboxylic acids is 1. The molecule has 0 saturated heterocycles. The minimum absolute atomic E-state index is 0.162. The third kappa shape index (κ3) is 3.56. The summed E-state index contributed by atoms with van der Waals surface area (Å²) in [4.78, 5) is 22.6. The van der Waals surface area contributed by atoms with Crippen molar-refractivity contribution >= 4 is 5.91 Å². The van der Waals surface area contributed by atoms with Gasteiger partial charge < -0.3 is 10.0 Å². The molecule has 1 N–H and O–H groups in total. The summed E-state index contributed by atoms with van der Waals surface area (Å²) in [6.07, 6.45) is 6.66. The quantitative estimate of drug-likeness (QED) is 0.942. The van der Waals surface area contributed by atoms with Gasteiger partial charge in [0.15, 0.2) is 5.82 Å². The zero-order chi connectivity index (χ0) is 16.3. The second-order valence-electron chi connectivity index (χ2n) is 6.25. The average molecular weight is 311 g/mol. The Morgan fingerprint density at radius 3 is 2.39 bits per heavy atom. The molecule has 1 aliphatic rings. The van der Waals surface area contributed by atoms with E-state index in [-0.39, 0.29) is 5.91 Å². The van der Waals surface area contributed by atoms with Gasteiger partial charge in [-0.3, -0.25) is 4.79 Å². The van der Waals surface area contributed by atoms with Crippen LogP contribution in [-0.4, -0.2) is 45.1 Å². The molecule has 0 spiro atoms. The molecular formula is C18H21N3O2. The van der Waals surface area contributed by atoms with Gasteiger partial charge >= 0.3 is 0 Å². The first-order valence-electron chi connectivity index (χ1n) is 7.93. The molecule has 5 heteroatoms. The van der Waals surface area contributed by atoms with Crippen LogP contribution in [0.3, 0.4) is 0 Å². The van der Waals surface area contributed by atoms with Gasteiger partial charge in [-0.05, 0) is 12.8 Å². The summed E-state index contributed by atoms with van der Waals surface area (Å²) in [6, 6.07) is 9.64. The molecule has 0 radical (unpaired) electrons. The van der Waals surface area contributed by atoms with E-state index in [1.165, 1.54) is 0 Å². The molecule has 0 atom stereocenters. The Labute approximate surface area is 136 Å². The van der Waals surface area contributed by atoms with Crippen molar-refractivity contribution in [1.82, 2.24) is 14.9 Å². The minimum Gasteiger partial charge on any atom is -0.388 e. The highest BCUT2D eigenvalue weighted by Crippen LogP contribution is 2.30. The molecule has 23 heavy (non-hydrogen) atoms. The van der Waals surface area contributed by atoms with Crippen molar-refractivity contribution in [1.29, 1.82) is 0 Å². The van der Waals surface area contributed by atoms with E-state index >= 15 is 0 Å². The second kappa shape index (κ2) is 6.46. The maximum absolute atomic E-state index is 12.5. The molecule has 1 aliphatic carbocycles. The molecule has 1 heterocycles. The standard InChI is InChI=1S/C18H21N3O2/c1-21(13-18(23)9-5-6-10-18)17(22)15-11-19-16(20-12-15)14-7-3-2-4-8-14/h2-4,7-8,11-12,23H,5-6,9-10,13H2,1H3. The van der Waals surface area contributed by atoms with Crippen molar-refractivity contribution in [3.05, 3.63) is 48.3 Å². The number of likely N-dealkylation sites (N-methyl/N-ethyl adjacent to an activating group) is 1. The average Bonchev–Trinajstić information content (AvgIpc) is 3.01. The Hall–Kier alpha value is -2.27. The zero-order valence-electron chi connectivity index (χ0n) is 13.3. The summed E-state index contributed by atoms with van der Waals surface area (Å²) in [5.41, 5.74) is 0.615. The van der Waals surface area contributed by atoms with Crippen LogP contribution in [0.1, 0.15) is 36.0 Å². The van der Waals surface area contributed by atoms with E-state index in [4.69, 9.17) is 0 Å². The fourth-order valence-corrected chi connectivity index (χ4v) is 3.10. The lowest BCUT2D eigenvalue weighted by Gasteiger charge is -2.28. The number of nitrogens with zero attached hydrogens (tertiary/aromatic N) is 3. The third-order valence-corrected chi connectivity index (χ3v) is 4.34. The molecule has 1 saturated carbocycles. The lowest BCUT2D eigenvalue weighted by molar-refractivity contribution is 0.0156. The largest absolute Gasteiger partial charge is 0.388 e. The number of benzene rings is 1.